The number of nitrogens with one attached hydrogen (secondary N) is 1. The Hall–Kier alpha value is -2.86. The molecule has 1 N–H and O–H groups in total. The maximum Gasteiger partial charge on any atom is 0.275 e. The Balaban J connectivity index is 1.69. The van der Waals surface area contributed by atoms with Crippen molar-refractivity contribution in [3.8, 4) is 0 Å². The molecule has 0 saturated heterocycles. The third-order valence-corrected chi connectivity index (χ3v) is 4.42. The summed E-state index contributed by atoms with van der Waals surface area (Å²) in [5.41, 5.74) is 2.90. The van der Waals surface area contributed by atoms with Crippen molar-refractivity contribution in [1.82, 2.24) is 9.97 Å². The molecule has 1 heterocycles. The molecule has 2 aromatic carbocycles. The van der Waals surface area contributed by atoms with E-state index in [1.807, 2.05) is 56.4 Å². The lowest BCUT2D eigenvalue weighted by Crippen LogP contribution is -2.14. The topological polar surface area (TPSA) is 58.1 Å². The zero-order chi connectivity index (χ0) is 17.6. The summed E-state index contributed by atoms with van der Waals surface area (Å²) in [5, 5.41) is 2.86. The number of rotatable bonds is 5. The maximum absolute atomic E-state index is 12.2. The Morgan fingerprint density at radius 1 is 1.04 bits per heavy atom. The van der Waals surface area contributed by atoms with Crippen molar-refractivity contribution in [2.75, 3.05) is 16.7 Å². The lowest BCUT2D eigenvalue weighted by atomic mass is 10.3. The fourth-order valence-electron chi connectivity index (χ4n) is 2.18. The highest BCUT2D eigenvalue weighted by atomic mass is 32.2. The minimum Gasteiger partial charge on any atom is -0.321 e. The molecular formula is C19H18N4OS. The van der Waals surface area contributed by atoms with Gasteiger partial charge in [-0.3, -0.25) is 9.78 Å². The molecule has 6 heteroatoms. The molecule has 0 aliphatic carbocycles. The molecule has 1 aromatic heterocycles. The van der Waals surface area contributed by atoms with Crippen molar-refractivity contribution in [2.24, 2.45) is 0 Å². The first-order valence-electron chi connectivity index (χ1n) is 7.78. The molecule has 0 aliphatic heterocycles. The van der Waals surface area contributed by atoms with Gasteiger partial charge in [0, 0.05) is 29.5 Å². The molecule has 0 bridgehead atoms. The van der Waals surface area contributed by atoms with Crippen LogP contribution in [0.2, 0.25) is 0 Å². The van der Waals surface area contributed by atoms with Crippen LogP contribution in [0.25, 0.3) is 0 Å². The zero-order valence-electron chi connectivity index (χ0n) is 14.0. The number of amides is 1. The van der Waals surface area contributed by atoms with Crippen LogP contribution >= 0.6 is 11.9 Å². The number of carbonyl (C=O) groups excluding carboxylic acids is 1. The van der Waals surface area contributed by atoms with Crippen molar-refractivity contribution in [2.45, 2.75) is 11.8 Å². The van der Waals surface area contributed by atoms with E-state index in [9.17, 15) is 4.79 Å². The minimum atomic E-state index is -0.272. The predicted molar refractivity (Wildman–Crippen MR) is 102 cm³/mol. The first kappa shape index (κ1) is 17.0. The summed E-state index contributed by atoms with van der Waals surface area (Å²) in [6, 6.07) is 17.8. The molecule has 0 unspecified atom stereocenters. The molecule has 3 aromatic rings. The smallest absolute Gasteiger partial charge is 0.275 e. The minimum absolute atomic E-state index is 0.272. The van der Waals surface area contributed by atoms with E-state index < -0.39 is 0 Å². The van der Waals surface area contributed by atoms with Gasteiger partial charge in [0.15, 0.2) is 0 Å². The monoisotopic (exact) mass is 350 g/mol. The standard InChI is InChI=1S/C19H18N4OS/c1-14-12-21-18(13-20-14)19(24)22-15-7-6-10-17(11-15)25-23(2)16-8-4-3-5-9-16/h3-13H,1-2H3,(H,22,24). The fraction of sp³-hybridized carbons (Fsp3) is 0.105. The molecule has 0 radical (unpaired) electrons. The summed E-state index contributed by atoms with van der Waals surface area (Å²) >= 11 is 1.59. The number of nitrogens with zero attached hydrogens (tertiary/aromatic N) is 3. The second-order valence-electron chi connectivity index (χ2n) is 5.45. The zero-order valence-corrected chi connectivity index (χ0v) is 14.8. The first-order chi connectivity index (χ1) is 12.1. The largest absolute Gasteiger partial charge is 0.321 e. The van der Waals surface area contributed by atoms with Crippen LogP contribution in [-0.4, -0.2) is 22.9 Å². The Labute approximate surface area is 151 Å². The summed E-state index contributed by atoms with van der Waals surface area (Å²) in [4.78, 5) is 21.5. The molecule has 0 spiro atoms. The van der Waals surface area contributed by atoms with Crippen LogP contribution < -0.4 is 9.62 Å². The number of carbonyl (C=O) groups is 1. The van der Waals surface area contributed by atoms with Crippen LogP contribution in [0.4, 0.5) is 11.4 Å². The fourth-order valence-corrected chi connectivity index (χ4v) is 3.05. The van der Waals surface area contributed by atoms with Gasteiger partial charge in [-0.1, -0.05) is 24.3 Å². The van der Waals surface area contributed by atoms with Crippen LogP contribution in [-0.2, 0) is 0 Å². The number of para-hydroxylation sites is 1. The van der Waals surface area contributed by atoms with Gasteiger partial charge in [0.05, 0.1) is 11.9 Å². The van der Waals surface area contributed by atoms with Gasteiger partial charge in [0.1, 0.15) is 5.69 Å². The normalized spacial score (nSPS) is 10.3. The van der Waals surface area contributed by atoms with Gasteiger partial charge in [-0.05, 0) is 49.2 Å². The van der Waals surface area contributed by atoms with Gasteiger partial charge in [-0.25, -0.2) is 4.98 Å². The Morgan fingerprint density at radius 3 is 2.56 bits per heavy atom. The molecule has 126 valence electrons. The lowest BCUT2D eigenvalue weighted by Gasteiger charge is -2.18. The quantitative estimate of drug-likeness (QED) is 0.700. The third-order valence-electron chi connectivity index (χ3n) is 3.47. The number of aromatic nitrogens is 2. The average Bonchev–Trinajstić information content (AvgIpc) is 2.63. The van der Waals surface area contributed by atoms with Crippen LogP contribution in [0.5, 0.6) is 0 Å². The van der Waals surface area contributed by atoms with E-state index in [4.69, 9.17) is 0 Å². The molecule has 0 fully saturated rings. The Bertz CT molecular complexity index is 853. The van der Waals surface area contributed by atoms with E-state index in [1.165, 1.54) is 6.20 Å². The van der Waals surface area contributed by atoms with E-state index in [1.54, 1.807) is 18.1 Å². The van der Waals surface area contributed by atoms with Gasteiger partial charge in [-0.15, -0.1) is 0 Å². The summed E-state index contributed by atoms with van der Waals surface area (Å²) < 4.78 is 2.08. The van der Waals surface area contributed by atoms with Gasteiger partial charge in [-0.2, -0.15) is 0 Å². The number of hydrogen-bond acceptors (Lipinski definition) is 5. The second kappa shape index (κ2) is 7.81. The van der Waals surface area contributed by atoms with Crippen molar-refractivity contribution in [3.05, 3.63) is 78.4 Å². The van der Waals surface area contributed by atoms with Crippen LogP contribution in [0.3, 0.4) is 0 Å². The van der Waals surface area contributed by atoms with Gasteiger partial charge in [0.2, 0.25) is 0 Å². The lowest BCUT2D eigenvalue weighted by molar-refractivity contribution is 0.102. The number of hydrogen-bond donors (Lipinski definition) is 1. The van der Waals surface area contributed by atoms with E-state index in [0.717, 1.165) is 22.0 Å². The molecule has 0 atom stereocenters. The summed E-state index contributed by atoms with van der Waals surface area (Å²) in [5.74, 6) is -0.272. The molecule has 0 saturated carbocycles. The predicted octanol–water partition coefficient (Wildman–Crippen LogP) is 4.18. The van der Waals surface area contributed by atoms with E-state index in [2.05, 4.69) is 31.7 Å². The van der Waals surface area contributed by atoms with E-state index in [-0.39, 0.29) is 5.91 Å². The molecular weight excluding hydrogens is 332 g/mol. The highest BCUT2D eigenvalue weighted by Crippen LogP contribution is 2.28. The van der Waals surface area contributed by atoms with Crippen molar-refractivity contribution < 1.29 is 4.79 Å². The Morgan fingerprint density at radius 2 is 1.84 bits per heavy atom. The third kappa shape index (κ3) is 4.58. The van der Waals surface area contributed by atoms with Crippen LogP contribution in [0.15, 0.2) is 71.9 Å². The molecule has 25 heavy (non-hydrogen) atoms. The van der Waals surface area contributed by atoms with E-state index in [0.29, 0.717) is 5.69 Å². The molecule has 5 nitrogen and oxygen atoms in total. The van der Waals surface area contributed by atoms with Crippen molar-refractivity contribution >= 4 is 29.2 Å². The highest BCUT2D eigenvalue weighted by molar-refractivity contribution is 8.00. The first-order valence-corrected chi connectivity index (χ1v) is 8.56. The number of benzene rings is 2. The summed E-state index contributed by atoms with van der Waals surface area (Å²) in [6.45, 7) is 1.83. The maximum atomic E-state index is 12.2. The van der Waals surface area contributed by atoms with Crippen molar-refractivity contribution in [1.29, 1.82) is 0 Å². The molecule has 1 amide bonds. The average molecular weight is 350 g/mol. The van der Waals surface area contributed by atoms with Crippen molar-refractivity contribution in [3.63, 3.8) is 0 Å². The molecule has 0 aliphatic rings. The molecule has 3 rings (SSSR count). The second-order valence-corrected chi connectivity index (χ2v) is 6.65. The van der Waals surface area contributed by atoms with E-state index >= 15 is 0 Å². The number of aryl methyl sites for hydroxylation is 1. The van der Waals surface area contributed by atoms with Gasteiger partial charge in [0.25, 0.3) is 5.91 Å². The number of anilines is 2. The summed E-state index contributed by atoms with van der Waals surface area (Å²) in [6.07, 6.45) is 3.06. The Kier molecular flexibility index (Phi) is 5.30. The van der Waals surface area contributed by atoms with Crippen LogP contribution in [0.1, 0.15) is 16.2 Å². The highest BCUT2D eigenvalue weighted by Gasteiger charge is 2.09. The van der Waals surface area contributed by atoms with Gasteiger partial charge >= 0.3 is 0 Å². The van der Waals surface area contributed by atoms with Crippen LogP contribution in [0, 0.1) is 6.92 Å². The SMILES string of the molecule is Cc1cnc(C(=O)Nc2cccc(SN(C)c3ccccc3)c2)cn1. The van der Waals surface area contributed by atoms with Gasteiger partial charge < -0.3 is 9.62 Å². The summed E-state index contributed by atoms with van der Waals surface area (Å²) in [7, 11) is 2.01.